The van der Waals surface area contributed by atoms with Crippen LogP contribution in [-0.4, -0.2) is 47.5 Å². The summed E-state index contributed by atoms with van der Waals surface area (Å²) in [4.78, 5) is 14.2. The van der Waals surface area contributed by atoms with Gasteiger partial charge in [-0.15, -0.1) is 0 Å². The number of rotatable bonds is 5. The molecule has 1 N–H and O–H groups in total. The van der Waals surface area contributed by atoms with Crippen LogP contribution in [-0.2, 0) is 4.79 Å². The van der Waals surface area contributed by atoms with Gasteiger partial charge in [-0.2, -0.15) is 11.8 Å². The number of amides is 1. The second-order valence-corrected chi connectivity index (χ2v) is 6.84. The number of thioether (sulfide) groups is 1. The van der Waals surface area contributed by atoms with Crippen LogP contribution in [0.15, 0.2) is 12.2 Å². The number of hydrogen-bond donors (Lipinski definition) is 1. The van der Waals surface area contributed by atoms with Crippen LogP contribution in [0.1, 0.15) is 39.0 Å². The molecule has 2 rings (SSSR count). The van der Waals surface area contributed by atoms with Gasteiger partial charge in [0, 0.05) is 30.5 Å². The zero-order valence-corrected chi connectivity index (χ0v) is 12.8. The highest BCUT2D eigenvalue weighted by atomic mass is 32.2. The van der Waals surface area contributed by atoms with Crippen LogP contribution in [0, 0.1) is 0 Å². The molecule has 0 saturated carbocycles. The molecule has 19 heavy (non-hydrogen) atoms. The molecule has 0 spiro atoms. The van der Waals surface area contributed by atoms with Crippen molar-refractivity contribution in [2.45, 2.75) is 50.3 Å². The lowest BCUT2D eigenvalue weighted by Crippen LogP contribution is -2.36. The summed E-state index contributed by atoms with van der Waals surface area (Å²) < 4.78 is 0. The Kier molecular flexibility index (Phi) is 6.24. The average molecular weight is 282 g/mol. The van der Waals surface area contributed by atoms with Gasteiger partial charge in [0.2, 0.25) is 5.91 Å². The largest absolute Gasteiger partial charge is 0.338 e. The molecule has 2 heterocycles. The third kappa shape index (κ3) is 4.84. The van der Waals surface area contributed by atoms with Gasteiger partial charge in [0.05, 0.1) is 0 Å². The first-order valence-electron chi connectivity index (χ1n) is 7.61. The van der Waals surface area contributed by atoms with Crippen LogP contribution >= 0.6 is 11.8 Å². The first kappa shape index (κ1) is 14.9. The van der Waals surface area contributed by atoms with Gasteiger partial charge in [0.25, 0.3) is 0 Å². The van der Waals surface area contributed by atoms with E-state index in [0.29, 0.717) is 11.3 Å². The van der Waals surface area contributed by atoms with E-state index in [0.717, 1.165) is 26.1 Å². The second kappa shape index (κ2) is 7.95. The van der Waals surface area contributed by atoms with Crippen molar-refractivity contribution < 1.29 is 4.79 Å². The highest BCUT2D eigenvalue weighted by Crippen LogP contribution is 2.26. The molecule has 3 nitrogen and oxygen atoms in total. The maximum absolute atomic E-state index is 12.2. The van der Waals surface area contributed by atoms with Crippen LogP contribution in [0.4, 0.5) is 0 Å². The van der Waals surface area contributed by atoms with Gasteiger partial charge in [0.15, 0.2) is 0 Å². The van der Waals surface area contributed by atoms with Crippen LogP contribution in [0.3, 0.4) is 0 Å². The molecule has 2 unspecified atom stereocenters. The Morgan fingerprint density at radius 1 is 1.37 bits per heavy atom. The van der Waals surface area contributed by atoms with Gasteiger partial charge >= 0.3 is 0 Å². The van der Waals surface area contributed by atoms with Crippen molar-refractivity contribution >= 4 is 17.7 Å². The molecule has 2 fully saturated rings. The normalized spacial score (nSPS) is 27.8. The summed E-state index contributed by atoms with van der Waals surface area (Å²) in [6.07, 6.45) is 10.1. The number of piperidine rings is 1. The summed E-state index contributed by atoms with van der Waals surface area (Å²) in [5, 5.41) is 4.10. The summed E-state index contributed by atoms with van der Waals surface area (Å²) in [6, 6.07) is 0.400. The summed E-state index contributed by atoms with van der Waals surface area (Å²) in [6.45, 7) is 4.89. The van der Waals surface area contributed by atoms with Crippen molar-refractivity contribution in [2.75, 3.05) is 25.4 Å². The standard InChI is InChI=1S/C15H26N2OS/c1-2-17(12-14-7-5-11-19-14)15(18)9-8-13-6-3-4-10-16-13/h8-9,13-14,16H,2-7,10-12H2,1H3/b9-8+. The first-order chi connectivity index (χ1) is 9.29. The molecule has 2 saturated heterocycles. The van der Waals surface area contributed by atoms with Gasteiger partial charge in [-0.3, -0.25) is 4.79 Å². The molecule has 108 valence electrons. The molecule has 2 aliphatic heterocycles. The molecular formula is C15H26N2OS. The maximum Gasteiger partial charge on any atom is 0.246 e. The minimum absolute atomic E-state index is 0.183. The zero-order chi connectivity index (χ0) is 13.5. The summed E-state index contributed by atoms with van der Waals surface area (Å²) >= 11 is 2.02. The summed E-state index contributed by atoms with van der Waals surface area (Å²) in [7, 11) is 0. The molecule has 0 aliphatic carbocycles. The molecule has 0 aromatic rings. The highest BCUT2D eigenvalue weighted by molar-refractivity contribution is 8.00. The summed E-state index contributed by atoms with van der Waals surface area (Å²) in [5.41, 5.74) is 0. The smallest absolute Gasteiger partial charge is 0.246 e. The first-order valence-corrected chi connectivity index (χ1v) is 8.66. The van der Waals surface area contributed by atoms with Crippen molar-refractivity contribution in [1.82, 2.24) is 10.2 Å². The van der Waals surface area contributed by atoms with Crippen LogP contribution < -0.4 is 5.32 Å². The van der Waals surface area contributed by atoms with Crippen molar-refractivity contribution in [3.05, 3.63) is 12.2 Å². The Morgan fingerprint density at radius 3 is 2.89 bits per heavy atom. The van der Waals surface area contributed by atoms with Crippen molar-refractivity contribution in [1.29, 1.82) is 0 Å². The van der Waals surface area contributed by atoms with Crippen LogP contribution in [0.25, 0.3) is 0 Å². The molecule has 0 bridgehead atoms. The maximum atomic E-state index is 12.2. The van der Waals surface area contributed by atoms with Crippen molar-refractivity contribution in [3.8, 4) is 0 Å². The minimum Gasteiger partial charge on any atom is -0.338 e. The molecule has 2 aliphatic rings. The fourth-order valence-corrected chi connectivity index (χ4v) is 4.04. The number of carbonyl (C=O) groups is 1. The molecule has 0 aromatic carbocycles. The highest BCUT2D eigenvalue weighted by Gasteiger charge is 2.20. The fourth-order valence-electron chi connectivity index (χ4n) is 2.76. The molecule has 0 aromatic heterocycles. The van der Waals surface area contributed by atoms with Crippen molar-refractivity contribution in [2.24, 2.45) is 0 Å². The van der Waals surface area contributed by atoms with E-state index in [4.69, 9.17) is 0 Å². The number of nitrogens with one attached hydrogen (secondary N) is 1. The van der Waals surface area contributed by atoms with E-state index in [2.05, 4.69) is 18.3 Å². The second-order valence-electron chi connectivity index (χ2n) is 5.43. The SMILES string of the molecule is CCN(CC1CCCS1)C(=O)/C=C/C1CCCCN1. The van der Waals surface area contributed by atoms with E-state index in [9.17, 15) is 4.79 Å². The van der Waals surface area contributed by atoms with Crippen molar-refractivity contribution in [3.63, 3.8) is 0 Å². The predicted octanol–water partition coefficient (Wildman–Crippen LogP) is 2.43. The molecule has 1 amide bonds. The molecule has 4 heteroatoms. The Hall–Kier alpha value is -0.480. The minimum atomic E-state index is 0.183. The van der Waals surface area contributed by atoms with Gasteiger partial charge in [0.1, 0.15) is 0 Å². The van der Waals surface area contributed by atoms with E-state index < -0.39 is 0 Å². The zero-order valence-electron chi connectivity index (χ0n) is 11.9. The van der Waals surface area contributed by atoms with Crippen LogP contribution in [0.2, 0.25) is 0 Å². The lowest BCUT2D eigenvalue weighted by molar-refractivity contribution is -0.125. The number of nitrogens with zero attached hydrogens (tertiary/aromatic N) is 1. The van der Waals surface area contributed by atoms with Gasteiger partial charge in [-0.25, -0.2) is 0 Å². The molecular weight excluding hydrogens is 256 g/mol. The topological polar surface area (TPSA) is 32.3 Å². The average Bonchev–Trinajstić information content (AvgIpc) is 2.96. The third-order valence-electron chi connectivity index (χ3n) is 3.96. The monoisotopic (exact) mass is 282 g/mol. The lowest BCUT2D eigenvalue weighted by atomic mass is 10.0. The van der Waals surface area contributed by atoms with Gasteiger partial charge in [-0.05, 0) is 44.9 Å². The number of likely N-dealkylation sites (N-methyl/N-ethyl adjacent to an activating group) is 1. The molecule has 2 atom stereocenters. The van der Waals surface area contributed by atoms with E-state index in [1.807, 2.05) is 16.7 Å². The Balaban J connectivity index is 1.79. The number of hydrogen-bond acceptors (Lipinski definition) is 3. The van der Waals surface area contributed by atoms with E-state index >= 15 is 0 Å². The third-order valence-corrected chi connectivity index (χ3v) is 5.34. The number of carbonyl (C=O) groups excluding carboxylic acids is 1. The Bertz CT molecular complexity index is 307. The van der Waals surface area contributed by atoms with Gasteiger partial charge in [-0.1, -0.05) is 12.5 Å². The van der Waals surface area contributed by atoms with E-state index in [-0.39, 0.29) is 5.91 Å². The van der Waals surface area contributed by atoms with E-state index in [1.165, 1.54) is 31.4 Å². The predicted molar refractivity (Wildman–Crippen MR) is 82.5 cm³/mol. The summed E-state index contributed by atoms with van der Waals surface area (Å²) in [5.74, 6) is 1.44. The lowest BCUT2D eigenvalue weighted by Gasteiger charge is -2.23. The van der Waals surface area contributed by atoms with Gasteiger partial charge < -0.3 is 10.2 Å². The molecule has 0 radical (unpaired) electrons. The fraction of sp³-hybridized carbons (Fsp3) is 0.800. The Labute approximate surface area is 121 Å². The van der Waals surface area contributed by atoms with Crippen LogP contribution in [0.5, 0.6) is 0 Å². The quantitative estimate of drug-likeness (QED) is 0.786. The van der Waals surface area contributed by atoms with E-state index in [1.54, 1.807) is 6.08 Å². The Morgan fingerprint density at radius 2 is 2.26 bits per heavy atom.